The second kappa shape index (κ2) is 10.6. The molecule has 0 unspecified atom stereocenters. The van der Waals surface area contributed by atoms with Gasteiger partial charge in [-0.1, -0.05) is 60.5 Å². The smallest absolute Gasteiger partial charge is 0.246 e. The summed E-state index contributed by atoms with van der Waals surface area (Å²) in [6.07, 6.45) is 4.06. The molecule has 7 heteroatoms. The van der Waals surface area contributed by atoms with E-state index in [1.165, 1.54) is 6.08 Å². The first-order chi connectivity index (χ1) is 14.5. The van der Waals surface area contributed by atoms with Crippen molar-refractivity contribution >= 4 is 46.8 Å². The molecule has 1 N–H and O–H groups in total. The molecule has 0 bridgehead atoms. The molecule has 1 saturated heterocycles. The predicted molar refractivity (Wildman–Crippen MR) is 123 cm³/mol. The zero-order valence-electron chi connectivity index (χ0n) is 16.9. The summed E-state index contributed by atoms with van der Waals surface area (Å²) in [7, 11) is 0. The van der Waals surface area contributed by atoms with Crippen molar-refractivity contribution in [1.82, 2.24) is 9.80 Å². The van der Waals surface area contributed by atoms with Crippen LogP contribution in [0.1, 0.15) is 18.1 Å². The van der Waals surface area contributed by atoms with Gasteiger partial charge in [0.15, 0.2) is 0 Å². The number of hydrogen-bond acceptors (Lipinski definition) is 3. The van der Waals surface area contributed by atoms with Crippen molar-refractivity contribution in [1.29, 1.82) is 0 Å². The molecule has 1 fully saturated rings. The van der Waals surface area contributed by atoms with Crippen LogP contribution in [0.15, 0.2) is 48.5 Å². The van der Waals surface area contributed by atoms with Crippen LogP contribution in [0.25, 0.3) is 6.08 Å². The van der Waals surface area contributed by atoms with Crippen LogP contribution in [0.5, 0.6) is 0 Å². The SMILES string of the molecule is CCc1ccccc1NC(=O)CN1CCN(C(=O)/C=C/c2cccc(Cl)c2Cl)CC1. The first-order valence-corrected chi connectivity index (χ1v) is 10.7. The molecule has 2 amide bonds. The molecule has 0 spiro atoms. The first kappa shape index (κ1) is 22.3. The number of rotatable bonds is 6. The molecule has 5 nitrogen and oxygen atoms in total. The Balaban J connectivity index is 1.48. The van der Waals surface area contributed by atoms with Crippen molar-refractivity contribution in [2.75, 3.05) is 38.0 Å². The highest BCUT2D eigenvalue weighted by Gasteiger charge is 2.21. The number of carbonyl (C=O) groups is 2. The number of halogens is 2. The average molecular weight is 446 g/mol. The number of amides is 2. The Hall–Kier alpha value is -2.34. The summed E-state index contributed by atoms with van der Waals surface area (Å²) in [6.45, 7) is 4.83. The first-order valence-electron chi connectivity index (χ1n) is 9.99. The van der Waals surface area contributed by atoms with Crippen LogP contribution in [0.2, 0.25) is 10.0 Å². The Morgan fingerprint density at radius 1 is 1.03 bits per heavy atom. The van der Waals surface area contributed by atoms with Gasteiger partial charge in [0.25, 0.3) is 0 Å². The summed E-state index contributed by atoms with van der Waals surface area (Å²) in [5, 5.41) is 3.89. The third-order valence-electron chi connectivity index (χ3n) is 5.11. The minimum Gasteiger partial charge on any atom is -0.337 e. The summed E-state index contributed by atoms with van der Waals surface area (Å²) in [5.74, 6) is -0.113. The standard InChI is InChI=1S/C23H25Cl2N3O2/c1-2-17-6-3-4-9-20(17)26-21(29)16-27-12-14-28(15-13-27)22(30)11-10-18-7-5-8-19(24)23(18)25/h3-11H,2,12-16H2,1H3,(H,26,29)/b11-10+. The molecule has 2 aromatic rings. The molecule has 0 atom stereocenters. The van der Waals surface area contributed by atoms with Gasteiger partial charge in [-0.3, -0.25) is 14.5 Å². The summed E-state index contributed by atoms with van der Waals surface area (Å²) >= 11 is 12.2. The number of anilines is 1. The molecule has 1 aliphatic heterocycles. The Morgan fingerprint density at radius 2 is 1.77 bits per heavy atom. The maximum atomic E-state index is 12.5. The van der Waals surface area contributed by atoms with Gasteiger partial charge in [0.05, 0.1) is 16.6 Å². The number of nitrogens with one attached hydrogen (secondary N) is 1. The summed E-state index contributed by atoms with van der Waals surface area (Å²) < 4.78 is 0. The largest absolute Gasteiger partial charge is 0.337 e. The molecule has 1 aliphatic rings. The Kier molecular flexibility index (Phi) is 7.91. The normalized spacial score (nSPS) is 14.8. The highest BCUT2D eigenvalue weighted by molar-refractivity contribution is 6.42. The van der Waals surface area contributed by atoms with Gasteiger partial charge in [-0.2, -0.15) is 0 Å². The van der Waals surface area contributed by atoms with E-state index in [2.05, 4.69) is 17.1 Å². The van der Waals surface area contributed by atoms with Crippen LogP contribution in [0.3, 0.4) is 0 Å². The van der Waals surface area contributed by atoms with Crippen LogP contribution in [-0.2, 0) is 16.0 Å². The minimum atomic E-state index is -0.0768. The molecule has 0 aromatic heterocycles. The van der Waals surface area contributed by atoms with Gasteiger partial charge in [-0.15, -0.1) is 0 Å². The zero-order valence-corrected chi connectivity index (χ0v) is 18.4. The maximum Gasteiger partial charge on any atom is 0.246 e. The van der Waals surface area contributed by atoms with Gasteiger partial charge in [-0.05, 0) is 35.8 Å². The predicted octanol–water partition coefficient (Wildman–Crippen LogP) is 4.35. The fraction of sp³-hybridized carbons (Fsp3) is 0.304. The number of carbonyl (C=O) groups excluding carboxylic acids is 2. The van der Waals surface area contributed by atoms with E-state index in [0.717, 1.165) is 17.7 Å². The lowest BCUT2D eigenvalue weighted by Gasteiger charge is -2.33. The Bertz CT molecular complexity index is 938. The van der Waals surface area contributed by atoms with Gasteiger partial charge in [0.1, 0.15) is 0 Å². The lowest BCUT2D eigenvalue weighted by Crippen LogP contribution is -2.50. The maximum absolute atomic E-state index is 12.5. The van der Waals surface area contributed by atoms with Crippen molar-refractivity contribution in [2.24, 2.45) is 0 Å². The van der Waals surface area contributed by atoms with Crippen LogP contribution in [0, 0.1) is 0 Å². The van der Waals surface area contributed by atoms with Gasteiger partial charge < -0.3 is 10.2 Å². The number of hydrogen-bond donors (Lipinski definition) is 1. The molecule has 0 saturated carbocycles. The number of aryl methyl sites for hydroxylation is 1. The lowest BCUT2D eigenvalue weighted by atomic mass is 10.1. The zero-order chi connectivity index (χ0) is 21.5. The fourth-order valence-corrected chi connectivity index (χ4v) is 3.76. The number of piperazine rings is 1. The molecule has 158 valence electrons. The van der Waals surface area contributed by atoms with Crippen molar-refractivity contribution in [3.63, 3.8) is 0 Å². The molecular weight excluding hydrogens is 421 g/mol. The van der Waals surface area contributed by atoms with Crippen LogP contribution in [0.4, 0.5) is 5.69 Å². The molecule has 0 radical (unpaired) electrons. The highest BCUT2D eigenvalue weighted by atomic mass is 35.5. The number of para-hydroxylation sites is 1. The van der Waals surface area contributed by atoms with Gasteiger partial charge in [0, 0.05) is 37.9 Å². The molecule has 0 aliphatic carbocycles. The average Bonchev–Trinajstić information content (AvgIpc) is 2.75. The van der Waals surface area contributed by atoms with Gasteiger partial charge >= 0.3 is 0 Å². The Labute approximate surface area is 187 Å². The quantitative estimate of drug-likeness (QED) is 0.672. The van der Waals surface area contributed by atoms with Crippen LogP contribution < -0.4 is 5.32 Å². The number of nitrogens with zero attached hydrogens (tertiary/aromatic N) is 2. The van der Waals surface area contributed by atoms with Crippen molar-refractivity contribution in [2.45, 2.75) is 13.3 Å². The van der Waals surface area contributed by atoms with E-state index in [-0.39, 0.29) is 11.8 Å². The van der Waals surface area contributed by atoms with E-state index >= 15 is 0 Å². The topological polar surface area (TPSA) is 52.7 Å². The molecule has 3 rings (SSSR count). The molecule has 30 heavy (non-hydrogen) atoms. The minimum absolute atomic E-state index is 0.0360. The fourth-order valence-electron chi connectivity index (χ4n) is 3.39. The van der Waals surface area contributed by atoms with E-state index < -0.39 is 0 Å². The lowest BCUT2D eigenvalue weighted by molar-refractivity contribution is -0.127. The van der Waals surface area contributed by atoms with Crippen LogP contribution in [-0.4, -0.2) is 54.3 Å². The molecule has 2 aromatic carbocycles. The molecule has 1 heterocycles. The van der Waals surface area contributed by atoms with E-state index in [1.807, 2.05) is 30.3 Å². The van der Waals surface area contributed by atoms with E-state index in [9.17, 15) is 9.59 Å². The number of benzene rings is 2. The van der Waals surface area contributed by atoms with Crippen molar-refractivity contribution < 1.29 is 9.59 Å². The van der Waals surface area contributed by atoms with E-state index in [1.54, 1.807) is 23.1 Å². The monoisotopic (exact) mass is 445 g/mol. The van der Waals surface area contributed by atoms with E-state index in [4.69, 9.17) is 23.2 Å². The summed E-state index contributed by atoms with van der Waals surface area (Å²) in [4.78, 5) is 28.7. The second-order valence-corrected chi connectivity index (χ2v) is 7.92. The van der Waals surface area contributed by atoms with E-state index in [0.29, 0.717) is 48.3 Å². The molecular formula is C23H25Cl2N3O2. The third kappa shape index (κ3) is 5.85. The third-order valence-corrected chi connectivity index (χ3v) is 5.94. The summed E-state index contributed by atoms with van der Waals surface area (Å²) in [5.41, 5.74) is 2.69. The van der Waals surface area contributed by atoms with Gasteiger partial charge in [0.2, 0.25) is 11.8 Å². The van der Waals surface area contributed by atoms with Crippen molar-refractivity contribution in [3.05, 3.63) is 69.7 Å². The Morgan fingerprint density at radius 3 is 2.50 bits per heavy atom. The summed E-state index contributed by atoms with van der Waals surface area (Å²) in [6, 6.07) is 13.1. The second-order valence-electron chi connectivity index (χ2n) is 7.14. The van der Waals surface area contributed by atoms with Crippen molar-refractivity contribution in [3.8, 4) is 0 Å². The highest BCUT2D eigenvalue weighted by Crippen LogP contribution is 2.26. The van der Waals surface area contributed by atoms with Gasteiger partial charge in [-0.25, -0.2) is 0 Å². The van der Waals surface area contributed by atoms with Crippen LogP contribution >= 0.6 is 23.2 Å².